The van der Waals surface area contributed by atoms with E-state index in [9.17, 15) is 0 Å². The van der Waals surface area contributed by atoms with E-state index in [4.69, 9.17) is 14.2 Å². The smallest absolute Gasteiger partial charge is 0.234 e. The van der Waals surface area contributed by atoms with E-state index in [2.05, 4.69) is 24.3 Å². The monoisotopic (exact) mass is 293 g/mol. The predicted octanol–water partition coefficient (Wildman–Crippen LogP) is 2.76. The zero-order valence-electron chi connectivity index (χ0n) is 13.4. The van der Waals surface area contributed by atoms with Crippen LogP contribution in [0.5, 0.6) is 0 Å². The van der Waals surface area contributed by atoms with Gasteiger partial charge in [0, 0.05) is 13.7 Å². The summed E-state index contributed by atoms with van der Waals surface area (Å²) >= 11 is 0. The highest BCUT2D eigenvalue weighted by Gasteiger charge is 2.44. The summed E-state index contributed by atoms with van der Waals surface area (Å²) in [6.45, 7) is 6.46. The van der Waals surface area contributed by atoms with Crippen LogP contribution in [0.4, 0.5) is 0 Å². The quantitative estimate of drug-likeness (QED) is 0.925. The minimum absolute atomic E-state index is 0.0160. The minimum atomic E-state index is -0.338. The molecule has 3 rings (SSSR count). The molecule has 2 heterocycles. The molecule has 21 heavy (non-hydrogen) atoms. The summed E-state index contributed by atoms with van der Waals surface area (Å²) in [6, 6.07) is 0. The third-order valence-corrected chi connectivity index (χ3v) is 5.68. The lowest BCUT2D eigenvalue weighted by molar-refractivity contribution is -0.0609. The Kier molecular flexibility index (Phi) is 4.06. The zero-order chi connectivity index (χ0) is 14.9. The molecule has 0 aromatic carbocycles. The first-order chi connectivity index (χ1) is 10.1. The SMILES string of the molecule is CCC1(c2nc(C3(OC)CCC(C)CC3)no2)CCNC1. The predicted molar refractivity (Wildman–Crippen MR) is 80.1 cm³/mol. The van der Waals surface area contributed by atoms with E-state index in [1.54, 1.807) is 7.11 Å². The molecule has 1 unspecified atom stereocenters. The molecule has 5 heteroatoms. The molecule has 1 atom stereocenters. The highest BCUT2D eigenvalue weighted by molar-refractivity contribution is 5.13. The number of hydrogen-bond donors (Lipinski definition) is 1. The van der Waals surface area contributed by atoms with Crippen LogP contribution in [0.3, 0.4) is 0 Å². The minimum Gasteiger partial charge on any atom is -0.370 e. The van der Waals surface area contributed by atoms with Gasteiger partial charge in [0.25, 0.3) is 0 Å². The molecular formula is C16H27N3O2. The Morgan fingerprint density at radius 1 is 1.33 bits per heavy atom. The molecule has 1 N–H and O–H groups in total. The average molecular weight is 293 g/mol. The highest BCUT2D eigenvalue weighted by Crippen LogP contribution is 2.42. The van der Waals surface area contributed by atoms with Crippen molar-refractivity contribution in [1.29, 1.82) is 0 Å². The second kappa shape index (κ2) is 5.69. The molecule has 0 radical (unpaired) electrons. The molecule has 5 nitrogen and oxygen atoms in total. The highest BCUT2D eigenvalue weighted by atomic mass is 16.5. The lowest BCUT2D eigenvalue weighted by Gasteiger charge is -2.35. The summed E-state index contributed by atoms with van der Waals surface area (Å²) in [4.78, 5) is 4.78. The van der Waals surface area contributed by atoms with Crippen molar-refractivity contribution < 1.29 is 9.26 Å². The van der Waals surface area contributed by atoms with Crippen molar-refractivity contribution in [3.05, 3.63) is 11.7 Å². The maximum Gasteiger partial charge on any atom is 0.234 e. The van der Waals surface area contributed by atoms with Gasteiger partial charge in [0.1, 0.15) is 5.60 Å². The largest absolute Gasteiger partial charge is 0.370 e. The van der Waals surface area contributed by atoms with E-state index in [1.807, 2.05) is 0 Å². The molecule has 2 aliphatic rings. The number of nitrogens with one attached hydrogen (secondary N) is 1. The van der Waals surface area contributed by atoms with Crippen molar-refractivity contribution in [2.24, 2.45) is 5.92 Å². The average Bonchev–Trinajstić information content (AvgIpc) is 3.18. The van der Waals surface area contributed by atoms with E-state index in [0.29, 0.717) is 0 Å². The van der Waals surface area contributed by atoms with Gasteiger partial charge < -0.3 is 14.6 Å². The van der Waals surface area contributed by atoms with Crippen LogP contribution in [0.2, 0.25) is 0 Å². The number of ether oxygens (including phenoxy) is 1. The summed E-state index contributed by atoms with van der Waals surface area (Å²) in [5, 5.41) is 7.73. The van der Waals surface area contributed by atoms with Crippen LogP contribution >= 0.6 is 0 Å². The van der Waals surface area contributed by atoms with E-state index in [0.717, 1.165) is 69.2 Å². The van der Waals surface area contributed by atoms with E-state index in [1.165, 1.54) is 0 Å². The zero-order valence-corrected chi connectivity index (χ0v) is 13.4. The first-order valence-corrected chi connectivity index (χ1v) is 8.25. The number of methoxy groups -OCH3 is 1. The molecular weight excluding hydrogens is 266 g/mol. The van der Waals surface area contributed by atoms with Gasteiger partial charge in [0.2, 0.25) is 11.7 Å². The Bertz CT molecular complexity index is 472. The van der Waals surface area contributed by atoms with Crippen LogP contribution in [0.25, 0.3) is 0 Å². The molecule has 1 saturated heterocycles. The van der Waals surface area contributed by atoms with Gasteiger partial charge in [0.05, 0.1) is 5.41 Å². The maximum atomic E-state index is 5.86. The summed E-state index contributed by atoms with van der Waals surface area (Å²) in [5.41, 5.74) is -0.322. The molecule has 0 bridgehead atoms. The Hall–Kier alpha value is -0.940. The summed E-state index contributed by atoms with van der Waals surface area (Å²) in [5.74, 6) is 2.31. The lowest BCUT2D eigenvalue weighted by Crippen LogP contribution is -2.35. The van der Waals surface area contributed by atoms with Crippen LogP contribution in [0.1, 0.15) is 64.1 Å². The molecule has 1 aromatic heterocycles. The van der Waals surface area contributed by atoms with Crippen LogP contribution in [0, 0.1) is 5.92 Å². The van der Waals surface area contributed by atoms with Crippen LogP contribution in [-0.4, -0.2) is 30.3 Å². The summed E-state index contributed by atoms with van der Waals surface area (Å²) < 4.78 is 11.5. The van der Waals surface area contributed by atoms with Gasteiger partial charge in [-0.1, -0.05) is 19.0 Å². The van der Waals surface area contributed by atoms with Crippen LogP contribution in [-0.2, 0) is 15.8 Å². The maximum absolute atomic E-state index is 5.86. The van der Waals surface area contributed by atoms with E-state index in [-0.39, 0.29) is 11.0 Å². The Balaban J connectivity index is 1.86. The lowest BCUT2D eigenvalue weighted by atomic mass is 9.79. The number of hydrogen-bond acceptors (Lipinski definition) is 5. The molecule has 118 valence electrons. The Morgan fingerprint density at radius 3 is 2.67 bits per heavy atom. The van der Waals surface area contributed by atoms with E-state index >= 15 is 0 Å². The van der Waals surface area contributed by atoms with Gasteiger partial charge in [-0.2, -0.15) is 4.98 Å². The first kappa shape index (κ1) is 15.0. The fourth-order valence-electron chi connectivity index (χ4n) is 3.75. The van der Waals surface area contributed by atoms with Crippen molar-refractivity contribution in [3.63, 3.8) is 0 Å². The van der Waals surface area contributed by atoms with Gasteiger partial charge >= 0.3 is 0 Å². The molecule has 0 spiro atoms. The molecule has 1 saturated carbocycles. The van der Waals surface area contributed by atoms with Gasteiger partial charge in [-0.05, 0) is 51.0 Å². The van der Waals surface area contributed by atoms with Gasteiger partial charge in [0.15, 0.2) is 0 Å². The second-order valence-electron chi connectivity index (χ2n) is 6.86. The van der Waals surface area contributed by atoms with Crippen molar-refractivity contribution >= 4 is 0 Å². The second-order valence-corrected chi connectivity index (χ2v) is 6.86. The standard InChI is InChI=1S/C16H27N3O2/c1-4-15(9-10-17-11-15)14-18-13(19-21-14)16(20-3)7-5-12(2)6-8-16/h12,17H,4-11H2,1-3H3. The topological polar surface area (TPSA) is 60.2 Å². The fraction of sp³-hybridized carbons (Fsp3) is 0.875. The third-order valence-electron chi connectivity index (χ3n) is 5.68. The van der Waals surface area contributed by atoms with Crippen LogP contribution < -0.4 is 5.32 Å². The Labute approximate surface area is 126 Å². The number of nitrogens with zero attached hydrogens (tertiary/aromatic N) is 2. The molecule has 0 amide bonds. The first-order valence-electron chi connectivity index (χ1n) is 8.25. The van der Waals surface area contributed by atoms with Crippen LogP contribution in [0.15, 0.2) is 4.52 Å². The number of rotatable bonds is 4. The number of aromatic nitrogens is 2. The van der Waals surface area contributed by atoms with Gasteiger partial charge in [-0.3, -0.25) is 0 Å². The van der Waals surface area contributed by atoms with Gasteiger partial charge in [-0.15, -0.1) is 0 Å². The summed E-state index contributed by atoms with van der Waals surface area (Å²) in [7, 11) is 1.78. The van der Waals surface area contributed by atoms with Crippen molar-refractivity contribution in [3.8, 4) is 0 Å². The van der Waals surface area contributed by atoms with Crippen molar-refractivity contribution in [2.45, 2.75) is 63.4 Å². The molecule has 2 fully saturated rings. The normalized spacial score (nSPS) is 37.0. The fourth-order valence-corrected chi connectivity index (χ4v) is 3.75. The van der Waals surface area contributed by atoms with Crippen molar-refractivity contribution in [1.82, 2.24) is 15.5 Å². The Morgan fingerprint density at radius 2 is 2.10 bits per heavy atom. The molecule has 1 aliphatic heterocycles. The molecule has 1 aliphatic carbocycles. The van der Waals surface area contributed by atoms with E-state index < -0.39 is 0 Å². The summed E-state index contributed by atoms with van der Waals surface area (Å²) in [6.07, 6.45) is 6.40. The third kappa shape index (κ3) is 2.50. The van der Waals surface area contributed by atoms with Crippen molar-refractivity contribution in [2.75, 3.05) is 20.2 Å². The molecule has 1 aromatic rings. The van der Waals surface area contributed by atoms with Gasteiger partial charge in [-0.25, -0.2) is 0 Å².